The van der Waals surface area contributed by atoms with E-state index in [1.54, 1.807) is 11.0 Å². The molecule has 0 saturated carbocycles. The first-order valence-electron chi connectivity index (χ1n) is 8.34. The standard InChI is InChI=1S/C19H18BrFN2O3S/c20-16-7-4-15(5-8-16)6-9-19(24)22-10-12-23(13-11-22)27(25,26)18-3-1-2-17(21)14-18/h1-9,14H,10-13H2/b9-6+. The van der Waals surface area contributed by atoms with E-state index in [-0.39, 0.29) is 37.0 Å². The minimum absolute atomic E-state index is 0.0718. The second-order valence-electron chi connectivity index (χ2n) is 6.07. The summed E-state index contributed by atoms with van der Waals surface area (Å²) in [6, 6.07) is 12.5. The van der Waals surface area contributed by atoms with Gasteiger partial charge in [-0.3, -0.25) is 4.79 Å². The van der Waals surface area contributed by atoms with Gasteiger partial charge in [0, 0.05) is 36.7 Å². The van der Waals surface area contributed by atoms with Crippen molar-refractivity contribution in [2.45, 2.75) is 4.90 Å². The minimum atomic E-state index is -3.76. The number of hydrogen-bond donors (Lipinski definition) is 0. The van der Waals surface area contributed by atoms with Gasteiger partial charge in [-0.15, -0.1) is 0 Å². The van der Waals surface area contributed by atoms with Crippen molar-refractivity contribution in [3.63, 3.8) is 0 Å². The first-order valence-corrected chi connectivity index (χ1v) is 10.6. The highest BCUT2D eigenvalue weighted by atomic mass is 79.9. The zero-order chi connectivity index (χ0) is 19.4. The lowest BCUT2D eigenvalue weighted by Crippen LogP contribution is -2.50. The summed E-state index contributed by atoms with van der Waals surface area (Å²) in [6.07, 6.45) is 3.21. The van der Waals surface area contributed by atoms with Gasteiger partial charge in [0.2, 0.25) is 15.9 Å². The molecule has 8 heteroatoms. The van der Waals surface area contributed by atoms with E-state index in [1.807, 2.05) is 24.3 Å². The Balaban J connectivity index is 1.61. The number of benzene rings is 2. The molecule has 1 aliphatic rings. The molecule has 27 heavy (non-hydrogen) atoms. The molecule has 2 aromatic carbocycles. The van der Waals surface area contributed by atoms with Gasteiger partial charge in [0.25, 0.3) is 0 Å². The number of hydrogen-bond acceptors (Lipinski definition) is 3. The molecule has 5 nitrogen and oxygen atoms in total. The van der Waals surface area contributed by atoms with E-state index in [0.29, 0.717) is 0 Å². The van der Waals surface area contributed by atoms with E-state index in [2.05, 4.69) is 15.9 Å². The Hall–Kier alpha value is -2.03. The fraction of sp³-hybridized carbons (Fsp3) is 0.211. The van der Waals surface area contributed by atoms with Gasteiger partial charge in [0.15, 0.2) is 0 Å². The van der Waals surface area contributed by atoms with Crippen LogP contribution in [0.3, 0.4) is 0 Å². The second kappa shape index (κ2) is 8.33. The van der Waals surface area contributed by atoms with Crippen LogP contribution < -0.4 is 0 Å². The molecule has 1 heterocycles. The number of carbonyl (C=O) groups is 1. The van der Waals surface area contributed by atoms with Crippen LogP contribution in [0, 0.1) is 5.82 Å². The molecule has 0 spiro atoms. The first kappa shape index (κ1) is 19.7. The Morgan fingerprint density at radius 1 is 1.04 bits per heavy atom. The topological polar surface area (TPSA) is 57.7 Å². The molecule has 0 aliphatic carbocycles. The van der Waals surface area contributed by atoms with Crippen LogP contribution in [-0.4, -0.2) is 49.7 Å². The van der Waals surface area contributed by atoms with Crippen molar-refractivity contribution >= 4 is 37.9 Å². The molecule has 1 fully saturated rings. The van der Waals surface area contributed by atoms with Crippen LogP contribution in [0.5, 0.6) is 0 Å². The van der Waals surface area contributed by atoms with Crippen molar-refractivity contribution in [1.82, 2.24) is 9.21 Å². The molecule has 0 aromatic heterocycles. The minimum Gasteiger partial charge on any atom is -0.337 e. The number of sulfonamides is 1. The first-order chi connectivity index (χ1) is 12.9. The van der Waals surface area contributed by atoms with Gasteiger partial charge in [-0.2, -0.15) is 4.31 Å². The Morgan fingerprint density at radius 2 is 1.70 bits per heavy atom. The van der Waals surface area contributed by atoms with Gasteiger partial charge >= 0.3 is 0 Å². The van der Waals surface area contributed by atoms with Gasteiger partial charge < -0.3 is 4.90 Å². The highest BCUT2D eigenvalue weighted by Gasteiger charge is 2.29. The molecule has 0 radical (unpaired) electrons. The van der Waals surface area contributed by atoms with Gasteiger partial charge in [-0.25, -0.2) is 12.8 Å². The van der Waals surface area contributed by atoms with Gasteiger partial charge in [-0.05, 0) is 42.0 Å². The SMILES string of the molecule is O=C(/C=C/c1ccc(Br)cc1)N1CCN(S(=O)(=O)c2cccc(F)c2)CC1. The van der Waals surface area contributed by atoms with Crippen LogP contribution in [-0.2, 0) is 14.8 Å². The molecule has 3 rings (SSSR count). The average molecular weight is 453 g/mol. The molecular weight excluding hydrogens is 435 g/mol. The van der Waals surface area contributed by atoms with E-state index in [1.165, 1.54) is 28.6 Å². The van der Waals surface area contributed by atoms with Crippen molar-refractivity contribution in [2.75, 3.05) is 26.2 Å². The van der Waals surface area contributed by atoms with Crippen LogP contribution in [0.15, 0.2) is 64.0 Å². The smallest absolute Gasteiger partial charge is 0.246 e. The van der Waals surface area contributed by atoms with Crippen molar-refractivity contribution in [2.24, 2.45) is 0 Å². The van der Waals surface area contributed by atoms with Crippen molar-refractivity contribution < 1.29 is 17.6 Å². The molecule has 0 bridgehead atoms. The molecule has 1 aliphatic heterocycles. The normalized spacial score (nSPS) is 16.0. The van der Waals surface area contributed by atoms with Crippen LogP contribution in [0.1, 0.15) is 5.56 Å². The fourth-order valence-corrected chi connectivity index (χ4v) is 4.49. The number of halogens is 2. The van der Waals surface area contributed by atoms with Crippen LogP contribution >= 0.6 is 15.9 Å². The number of carbonyl (C=O) groups excluding carboxylic acids is 1. The summed E-state index contributed by atoms with van der Waals surface area (Å²) in [6.45, 7) is 0.934. The highest BCUT2D eigenvalue weighted by molar-refractivity contribution is 9.10. The Bertz CT molecular complexity index is 953. The summed E-state index contributed by atoms with van der Waals surface area (Å²) >= 11 is 3.36. The maximum Gasteiger partial charge on any atom is 0.246 e. The molecule has 0 N–H and O–H groups in total. The zero-order valence-electron chi connectivity index (χ0n) is 14.4. The van der Waals surface area contributed by atoms with E-state index >= 15 is 0 Å². The second-order valence-corrected chi connectivity index (χ2v) is 8.93. The van der Waals surface area contributed by atoms with Crippen LogP contribution in [0.4, 0.5) is 4.39 Å². The molecule has 142 valence electrons. The third kappa shape index (κ3) is 4.82. The number of amides is 1. The predicted octanol–water partition coefficient (Wildman–Crippen LogP) is 3.13. The molecule has 1 amide bonds. The van der Waals surface area contributed by atoms with E-state index in [0.717, 1.165) is 16.1 Å². The van der Waals surface area contributed by atoms with Crippen molar-refractivity contribution in [3.05, 3.63) is 70.5 Å². The Labute approximate surface area is 166 Å². The van der Waals surface area contributed by atoms with Crippen LogP contribution in [0.25, 0.3) is 6.08 Å². The zero-order valence-corrected chi connectivity index (χ0v) is 16.8. The van der Waals surface area contributed by atoms with Crippen molar-refractivity contribution in [3.8, 4) is 0 Å². The molecule has 0 atom stereocenters. The Kier molecular flexibility index (Phi) is 6.08. The quantitative estimate of drug-likeness (QED) is 0.669. The van der Waals surface area contributed by atoms with Gasteiger partial charge in [-0.1, -0.05) is 34.1 Å². The number of piperazine rings is 1. The lowest BCUT2D eigenvalue weighted by atomic mass is 10.2. The average Bonchev–Trinajstić information content (AvgIpc) is 2.67. The Morgan fingerprint density at radius 3 is 2.33 bits per heavy atom. The third-order valence-corrected chi connectivity index (χ3v) is 6.70. The van der Waals surface area contributed by atoms with Gasteiger partial charge in [0.05, 0.1) is 4.90 Å². The molecule has 0 unspecified atom stereocenters. The third-order valence-electron chi connectivity index (χ3n) is 4.27. The summed E-state index contributed by atoms with van der Waals surface area (Å²) in [5.74, 6) is -0.760. The summed E-state index contributed by atoms with van der Waals surface area (Å²) in [7, 11) is -3.76. The monoisotopic (exact) mass is 452 g/mol. The predicted molar refractivity (Wildman–Crippen MR) is 105 cm³/mol. The fourth-order valence-electron chi connectivity index (χ4n) is 2.77. The van der Waals surface area contributed by atoms with Crippen molar-refractivity contribution in [1.29, 1.82) is 0 Å². The van der Waals surface area contributed by atoms with E-state index < -0.39 is 15.8 Å². The molecule has 1 saturated heterocycles. The number of rotatable bonds is 4. The highest BCUT2D eigenvalue weighted by Crippen LogP contribution is 2.19. The van der Waals surface area contributed by atoms with E-state index in [9.17, 15) is 17.6 Å². The lowest BCUT2D eigenvalue weighted by molar-refractivity contribution is -0.127. The summed E-state index contributed by atoms with van der Waals surface area (Å²) in [4.78, 5) is 13.9. The summed E-state index contributed by atoms with van der Waals surface area (Å²) in [5, 5.41) is 0. The van der Waals surface area contributed by atoms with E-state index in [4.69, 9.17) is 0 Å². The lowest BCUT2D eigenvalue weighted by Gasteiger charge is -2.33. The molecule has 2 aromatic rings. The summed E-state index contributed by atoms with van der Waals surface area (Å²) < 4.78 is 40.8. The maximum atomic E-state index is 13.3. The maximum absolute atomic E-state index is 13.3. The van der Waals surface area contributed by atoms with Crippen LogP contribution in [0.2, 0.25) is 0 Å². The number of nitrogens with zero attached hydrogens (tertiary/aromatic N) is 2. The van der Waals surface area contributed by atoms with Gasteiger partial charge in [0.1, 0.15) is 5.82 Å². The largest absolute Gasteiger partial charge is 0.337 e. The summed E-state index contributed by atoms with van der Waals surface area (Å²) in [5.41, 5.74) is 0.902. The molecular formula is C19H18BrFN2O3S.